The Hall–Kier alpha value is -4.66. The maximum atomic E-state index is 15.1. The smallest absolute Gasteiger partial charge is 0.228 e. The maximum Gasteiger partial charge on any atom is 0.228 e. The summed E-state index contributed by atoms with van der Waals surface area (Å²) in [7, 11) is 0. The molecule has 0 radical (unpaired) electrons. The molecule has 1 amide bonds. The van der Waals surface area contributed by atoms with Gasteiger partial charge in [0, 0.05) is 35.6 Å². The highest BCUT2D eigenvalue weighted by molar-refractivity contribution is 5.92. The van der Waals surface area contributed by atoms with Crippen molar-refractivity contribution in [2.75, 3.05) is 5.32 Å². The van der Waals surface area contributed by atoms with Crippen molar-refractivity contribution in [2.45, 2.75) is 46.6 Å². The number of carbonyl (C=O) groups is 1. The van der Waals surface area contributed by atoms with Gasteiger partial charge in [-0.25, -0.2) is 14.4 Å². The first-order valence-corrected chi connectivity index (χ1v) is 12.6. The van der Waals surface area contributed by atoms with Crippen LogP contribution in [0.3, 0.4) is 0 Å². The van der Waals surface area contributed by atoms with E-state index in [0.717, 1.165) is 27.7 Å². The topological polar surface area (TPSA) is 94.8 Å². The molecule has 198 valence electrons. The van der Waals surface area contributed by atoms with E-state index in [1.165, 1.54) is 12.4 Å². The summed E-state index contributed by atoms with van der Waals surface area (Å²) in [5.41, 5.74) is 4.74. The zero-order valence-corrected chi connectivity index (χ0v) is 22.5. The van der Waals surface area contributed by atoms with Crippen molar-refractivity contribution in [3.05, 3.63) is 90.0 Å². The van der Waals surface area contributed by atoms with Crippen molar-refractivity contribution < 1.29 is 13.9 Å². The van der Waals surface area contributed by atoms with E-state index in [-0.39, 0.29) is 23.4 Å². The number of aryl methyl sites for hydroxylation is 2. The monoisotopic (exact) mass is 524 g/mol. The van der Waals surface area contributed by atoms with E-state index in [1.807, 2.05) is 52.8 Å². The number of pyridine rings is 1. The molecule has 0 aliphatic carbocycles. The van der Waals surface area contributed by atoms with Crippen molar-refractivity contribution in [3.8, 4) is 22.8 Å². The predicted molar refractivity (Wildman–Crippen MR) is 148 cm³/mol. The lowest BCUT2D eigenvalue weighted by atomic mass is 10.0. The Morgan fingerprint density at radius 1 is 1.03 bits per heavy atom. The molecule has 1 N–H and O–H groups in total. The summed E-state index contributed by atoms with van der Waals surface area (Å²) in [4.78, 5) is 25.6. The Morgan fingerprint density at radius 2 is 1.85 bits per heavy atom. The molecular weight excluding hydrogens is 495 g/mol. The quantitative estimate of drug-likeness (QED) is 0.277. The normalized spacial score (nSPS) is 11.5. The van der Waals surface area contributed by atoms with E-state index in [2.05, 4.69) is 25.4 Å². The summed E-state index contributed by atoms with van der Waals surface area (Å²) in [5, 5.41) is 7.84. The molecule has 2 aromatic carbocycles. The zero-order valence-electron chi connectivity index (χ0n) is 22.5. The van der Waals surface area contributed by atoms with Crippen LogP contribution in [0.5, 0.6) is 11.5 Å². The van der Waals surface area contributed by atoms with E-state index >= 15 is 4.39 Å². The third-order valence-electron chi connectivity index (χ3n) is 6.34. The van der Waals surface area contributed by atoms with E-state index in [4.69, 9.17) is 4.74 Å². The van der Waals surface area contributed by atoms with Crippen LogP contribution in [0.15, 0.2) is 67.5 Å². The van der Waals surface area contributed by atoms with Crippen molar-refractivity contribution in [1.82, 2.24) is 24.7 Å². The van der Waals surface area contributed by atoms with Gasteiger partial charge in [-0.1, -0.05) is 6.07 Å². The summed E-state index contributed by atoms with van der Waals surface area (Å²) < 4.78 is 23.1. The Balaban J connectivity index is 1.37. The Kier molecular flexibility index (Phi) is 6.82. The lowest BCUT2D eigenvalue weighted by Crippen LogP contribution is -2.22. The van der Waals surface area contributed by atoms with Crippen LogP contribution >= 0.6 is 0 Å². The highest BCUT2D eigenvalue weighted by atomic mass is 19.1. The predicted octanol–water partition coefficient (Wildman–Crippen LogP) is 6.37. The minimum atomic E-state index is -0.521. The van der Waals surface area contributed by atoms with Crippen LogP contribution in [0.1, 0.15) is 37.5 Å². The fourth-order valence-electron chi connectivity index (χ4n) is 4.28. The average Bonchev–Trinajstić information content (AvgIpc) is 3.36. The van der Waals surface area contributed by atoms with Crippen molar-refractivity contribution in [3.63, 3.8) is 0 Å². The second kappa shape index (κ2) is 10.2. The number of benzene rings is 2. The SMILES string of the molecule is Cc1cc(CC(=O)Nc2cnn(C(C)(C)C)c2)c(F)cc1Oc1ccnc2ccc(-c3ncncc3C)cc12. The number of nitrogens with one attached hydrogen (secondary N) is 1. The summed E-state index contributed by atoms with van der Waals surface area (Å²) in [6.07, 6.45) is 8.15. The van der Waals surface area contributed by atoms with Gasteiger partial charge in [0.1, 0.15) is 23.6 Å². The van der Waals surface area contributed by atoms with Crippen LogP contribution in [-0.2, 0) is 16.8 Å². The lowest BCUT2D eigenvalue weighted by Gasteiger charge is -2.18. The number of rotatable bonds is 6. The summed E-state index contributed by atoms with van der Waals surface area (Å²) in [5.74, 6) is 0.0477. The van der Waals surface area contributed by atoms with E-state index < -0.39 is 5.82 Å². The Morgan fingerprint density at radius 3 is 2.59 bits per heavy atom. The standard InChI is InChI=1S/C30H29FN6O2/c1-18-10-21(12-28(38)36-22-15-35-37(16-22)30(3,4)5)24(31)13-27(18)39-26-8-9-33-25-7-6-20(11-23(25)26)29-19(2)14-32-17-34-29/h6-11,13-17H,12H2,1-5H3,(H,36,38). The number of carbonyl (C=O) groups excluding carboxylic acids is 1. The first kappa shape index (κ1) is 26.0. The molecule has 3 heterocycles. The summed E-state index contributed by atoms with van der Waals surface area (Å²) in [6.45, 7) is 9.82. The Labute approximate surface area is 225 Å². The molecule has 0 aliphatic heterocycles. The molecule has 3 aromatic heterocycles. The number of ether oxygens (including phenoxy) is 1. The van der Waals surface area contributed by atoms with Crippen molar-refractivity contribution >= 4 is 22.5 Å². The van der Waals surface area contributed by atoms with Crippen LogP contribution in [0.2, 0.25) is 0 Å². The number of hydrogen-bond acceptors (Lipinski definition) is 6. The first-order valence-electron chi connectivity index (χ1n) is 12.6. The summed E-state index contributed by atoms with van der Waals surface area (Å²) >= 11 is 0. The number of amides is 1. The average molecular weight is 525 g/mol. The van der Waals surface area contributed by atoms with Gasteiger partial charge in [-0.15, -0.1) is 0 Å². The second-order valence-electron chi connectivity index (χ2n) is 10.5. The number of nitrogens with zero attached hydrogens (tertiary/aromatic N) is 5. The van der Waals surface area contributed by atoms with Crippen LogP contribution in [0.25, 0.3) is 22.2 Å². The van der Waals surface area contributed by atoms with Crippen LogP contribution < -0.4 is 10.1 Å². The molecule has 0 aliphatic rings. The van der Waals surface area contributed by atoms with Crippen LogP contribution in [0.4, 0.5) is 10.1 Å². The lowest BCUT2D eigenvalue weighted by molar-refractivity contribution is -0.115. The highest BCUT2D eigenvalue weighted by Gasteiger charge is 2.17. The fourth-order valence-corrected chi connectivity index (χ4v) is 4.28. The minimum Gasteiger partial charge on any atom is -0.456 e. The van der Waals surface area contributed by atoms with E-state index in [9.17, 15) is 4.79 Å². The molecule has 0 atom stereocenters. The molecule has 39 heavy (non-hydrogen) atoms. The largest absolute Gasteiger partial charge is 0.456 e. The molecule has 0 saturated heterocycles. The Bertz CT molecular complexity index is 1690. The molecule has 0 fully saturated rings. The molecule has 0 bridgehead atoms. The van der Waals surface area contributed by atoms with Gasteiger partial charge in [-0.2, -0.15) is 5.10 Å². The van der Waals surface area contributed by atoms with E-state index in [1.54, 1.807) is 41.6 Å². The van der Waals surface area contributed by atoms with Gasteiger partial charge in [-0.3, -0.25) is 14.5 Å². The molecular formula is C30H29FN6O2. The third kappa shape index (κ3) is 5.62. The van der Waals surface area contributed by atoms with Crippen molar-refractivity contribution in [2.24, 2.45) is 0 Å². The van der Waals surface area contributed by atoms with Crippen LogP contribution in [0, 0.1) is 19.7 Å². The van der Waals surface area contributed by atoms with E-state index in [0.29, 0.717) is 22.7 Å². The van der Waals surface area contributed by atoms with Gasteiger partial charge in [0.25, 0.3) is 0 Å². The summed E-state index contributed by atoms with van der Waals surface area (Å²) in [6, 6.07) is 10.5. The highest BCUT2D eigenvalue weighted by Crippen LogP contribution is 2.34. The third-order valence-corrected chi connectivity index (χ3v) is 6.34. The fraction of sp³-hybridized carbons (Fsp3) is 0.233. The molecule has 5 rings (SSSR count). The number of fused-ring (bicyclic) bond motifs is 1. The maximum absolute atomic E-state index is 15.1. The first-order chi connectivity index (χ1) is 18.6. The number of halogens is 1. The van der Waals surface area contributed by atoms with Gasteiger partial charge in [0.2, 0.25) is 5.91 Å². The molecule has 0 saturated carbocycles. The van der Waals surface area contributed by atoms with Gasteiger partial charge in [0.05, 0.1) is 35.1 Å². The van der Waals surface area contributed by atoms with Crippen LogP contribution in [-0.4, -0.2) is 30.6 Å². The van der Waals surface area contributed by atoms with Gasteiger partial charge >= 0.3 is 0 Å². The van der Waals surface area contributed by atoms with Crippen molar-refractivity contribution in [1.29, 1.82) is 0 Å². The van der Waals surface area contributed by atoms with Gasteiger partial charge in [-0.05, 0) is 75.6 Å². The van der Waals surface area contributed by atoms with Gasteiger partial charge in [0.15, 0.2) is 0 Å². The number of hydrogen-bond donors (Lipinski definition) is 1. The molecule has 0 unspecified atom stereocenters. The minimum absolute atomic E-state index is 0.118. The number of aromatic nitrogens is 5. The molecule has 0 spiro atoms. The zero-order chi connectivity index (χ0) is 27.7. The number of anilines is 1. The second-order valence-corrected chi connectivity index (χ2v) is 10.5. The molecule has 8 nitrogen and oxygen atoms in total. The molecule has 5 aromatic rings. The molecule has 9 heteroatoms. The van der Waals surface area contributed by atoms with Gasteiger partial charge < -0.3 is 10.1 Å².